The van der Waals surface area contributed by atoms with Gasteiger partial charge >= 0.3 is 5.97 Å². The number of ether oxygens (including phenoxy) is 3. The summed E-state index contributed by atoms with van der Waals surface area (Å²) in [5.74, 6) is 0.479. The molecule has 0 fully saturated rings. The zero-order valence-corrected chi connectivity index (χ0v) is 21.0. The molecule has 6 heteroatoms. The van der Waals surface area contributed by atoms with Gasteiger partial charge in [-0.3, -0.25) is 0 Å². The zero-order chi connectivity index (χ0) is 26.3. The average Bonchev–Trinajstić information content (AvgIpc) is 2.94. The van der Waals surface area contributed by atoms with Crippen LogP contribution in [0.2, 0.25) is 0 Å². The first kappa shape index (κ1) is 24.8. The normalized spacial score (nSPS) is 10.8. The fraction of sp³-hybridized carbons (Fsp3) is 0.125. The van der Waals surface area contributed by atoms with Crippen molar-refractivity contribution < 1.29 is 24.1 Å². The molecule has 0 aliphatic rings. The molecular formula is C32H27NO5. The van der Waals surface area contributed by atoms with Crippen LogP contribution in [0.1, 0.15) is 32.7 Å². The molecule has 6 nitrogen and oxygen atoms in total. The molecule has 190 valence electrons. The fourth-order valence-corrected chi connectivity index (χ4v) is 4.17. The van der Waals surface area contributed by atoms with Crippen molar-refractivity contribution in [1.82, 2.24) is 4.98 Å². The number of aromatic nitrogens is 1. The highest BCUT2D eigenvalue weighted by molar-refractivity contribution is 5.93. The minimum absolute atomic E-state index is 0.131. The van der Waals surface area contributed by atoms with E-state index in [1.165, 1.54) is 0 Å². The second-order valence-electron chi connectivity index (χ2n) is 8.91. The Bertz CT molecular complexity index is 1570. The Labute approximate surface area is 221 Å². The van der Waals surface area contributed by atoms with Gasteiger partial charge in [0.25, 0.3) is 0 Å². The summed E-state index contributed by atoms with van der Waals surface area (Å²) in [5, 5.41) is 10.8. The number of hydrogen-bond acceptors (Lipinski definition) is 5. The maximum Gasteiger partial charge on any atom is 0.339 e. The Morgan fingerprint density at radius 2 is 1.45 bits per heavy atom. The molecule has 0 aliphatic carbocycles. The third-order valence-electron chi connectivity index (χ3n) is 6.07. The summed E-state index contributed by atoms with van der Waals surface area (Å²) in [5.41, 5.74) is 4.35. The van der Waals surface area contributed by atoms with Gasteiger partial charge in [0.2, 0.25) is 0 Å². The number of carboxylic acids is 1. The zero-order valence-electron chi connectivity index (χ0n) is 21.0. The summed E-state index contributed by atoms with van der Waals surface area (Å²) in [6.07, 6.45) is 0. The molecule has 5 rings (SSSR count). The Kier molecular flexibility index (Phi) is 7.50. The van der Waals surface area contributed by atoms with Gasteiger partial charge in [0.15, 0.2) is 0 Å². The van der Waals surface area contributed by atoms with E-state index in [4.69, 9.17) is 14.2 Å². The first-order chi connectivity index (χ1) is 18.5. The van der Waals surface area contributed by atoms with Crippen LogP contribution in [0.25, 0.3) is 10.9 Å². The van der Waals surface area contributed by atoms with E-state index in [1.54, 1.807) is 19.1 Å². The lowest BCUT2D eigenvalue weighted by Crippen LogP contribution is -2.07. The van der Waals surface area contributed by atoms with Gasteiger partial charge in [-0.1, -0.05) is 66.7 Å². The molecule has 1 heterocycles. The molecule has 0 bridgehead atoms. The maximum absolute atomic E-state index is 11.9. The Morgan fingerprint density at radius 1 is 0.711 bits per heavy atom. The van der Waals surface area contributed by atoms with Crippen molar-refractivity contribution in [1.29, 1.82) is 0 Å². The van der Waals surface area contributed by atoms with Crippen LogP contribution >= 0.6 is 0 Å². The highest BCUT2D eigenvalue weighted by Crippen LogP contribution is 2.30. The van der Waals surface area contributed by atoms with Gasteiger partial charge in [0.1, 0.15) is 42.6 Å². The molecule has 0 aliphatic heterocycles. The van der Waals surface area contributed by atoms with Crippen molar-refractivity contribution in [2.24, 2.45) is 0 Å². The Balaban J connectivity index is 1.25. The summed E-state index contributed by atoms with van der Waals surface area (Å²) in [4.78, 5) is 16.5. The standard InChI is InChI=1S/C32H27NO5/c1-22-16-28(18-30(31(22)32(34)35)38-19-23-8-3-2-4-9-23)36-20-24-10-7-12-27(17-24)37-21-26-15-14-25-11-5-6-13-29(25)33-26/h2-18H,19-21H2,1H3,(H,34,35). The molecule has 4 aromatic carbocycles. The quantitative estimate of drug-likeness (QED) is 0.221. The SMILES string of the molecule is Cc1cc(OCc2cccc(OCc3ccc4ccccc4n3)c2)cc(OCc2ccccc2)c1C(=O)O. The number of aromatic carboxylic acids is 1. The van der Waals surface area contributed by atoms with Crippen molar-refractivity contribution in [3.05, 3.63) is 131 Å². The van der Waals surface area contributed by atoms with E-state index in [9.17, 15) is 9.90 Å². The number of rotatable bonds is 10. The monoisotopic (exact) mass is 505 g/mol. The van der Waals surface area contributed by atoms with E-state index in [1.807, 2.05) is 91.0 Å². The number of aryl methyl sites for hydroxylation is 1. The Morgan fingerprint density at radius 3 is 2.29 bits per heavy atom. The van der Waals surface area contributed by atoms with Gasteiger partial charge in [-0.15, -0.1) is 0 Å². The first-order valence-electron chi connectivity index (χ1n) is 12.3. The number of carbonyl (C=O) groups is 1. The summed E-state index contributed by atoms with van der Waals surface area (Å²) >= 11 is 0. The fourth-order valence-electron chi connectivity index (χ4n) is 4.17. The van der Waals surface area contributed by atoms with Crippen LogP contribution < -0.4 is 14.2 Å². The topological polar surface area (TPSA) is 77.9 Å². The number of hydrogen-bond donors (Lipinski definition) is 1. The molecule has 38 heavy (non-hydrogen) atoms. The molecule has 1 N–H and O–H groups in total. The lowest BCUT2D eigenvalue weighted by Gasteiger charge is -2.15. The van der Waals surface area contributed by atoms with Crippen LogP contribution in [0.15, 0.2) is 103 Å². The number of nitrogens with zero attached hydrogens (tertiary/aromatic N) is 1. The smallest absolute Gasteiger partial charge is 0.339 e. The molecule has 0 saturated carbocycles. The molecule has 0 unspecified atom stereocenters. The van der Waals surface area contributed by atoms with Crippen LogP contribution in [0.4, 0.5) is 0 Å². The van der Waals surface area contributed by atoms with E-state index in [0.717, 1.165) is 27.7 Å². The highest BCUT2D eigenvalue weighted by atomic mass is 16.5. The van der Waals surface area contributed by atoms with Crippen LogP contribution in [0, 0.1) is 6.92 Å². The van der Waals surface area contributed by atoms with Crippen LogP contribution in [-0.4, -0.2) is 16.1 Å². The summed E-state index contributed by atoms with van der Waals surface area (Å²) in [6, 6.07) is 32.6. The van der Waals surface area contributed by atoms with Crippen molar-refractivity contribution in [3.63, 3.8) is 0 Å². The lowest BCUT2D eigenvalue weighted by molar-refractivity contribution is 0.0690. The van der Waals surface area contributed by atoms with E-state index in [0.29, 0.717) is 23.7 Å². The van der Waals surface area contributed by atoms with E-state index in [2.05, 4.69) is 4.98 Å². The summed E-state index contributed by atoms with van der Waals surface area (Å²) in [7, 11) is 0. The van der Waals surface area contributed by atoms with Crippen molar-refractivity contribution >= 4 is 16.9 Å². The van der Waals surface area contributed by atoms with Gasteiger partial charge in [0, 0.05) is 11.5 Å². The second kappa shape index (κ2) is 11.5. The average molecular weight is 506 g/mol. The number of para-hydroxylation sites is 1. The maximum atomic E-state index is 11.9. The van der Waals surface area contributed by atoms with Crippen LogP contribution in [0.5, 0.6) is 17.2 Å². The van der Waals surface area contributed by atoms with Crippen LogP contribution in [0.3, 0.4) is 0 Å². The predicted octanol–water partition coefficient (Wildman–Crippen LogP) is 6.98. The third kappa shape index (κ3) is 6.10. The highest BCUT2D eigenvalue weighted by Gasteiger charge is 2.17. The van der Waals surface area contributed by atoms with Gasteiger partial charge < -0.3 is 19.3 Å². The van der Waals surface area contributed by atoms with Gasteiger partial charge in [-0.2, -0.15) is 0 Å². The van der Waals surface area contributed by atoms with Crippen molar-refractivity contribution in [2.75, 3.05) is 0 Å². The first-order valence-corrected chi connectivity index (χ1v) is 12.3. The molecular weight excluding hydrogens is 478 g/mol. The minimum Gasteiger partial charge on any atom is -0.489 e. The molecule has 0 saturated heterocycles. The van der Waals surface area contributed by atoms with Gasteiger partial charge in [0.05, 0.1) is 11.2 Å². The van der Waals surface area contributed by atoms with Crippen LogP contribution in [-0.2, 0) is 19.8 Å². The molecule has 0 atom stereocenters. The molecule has 0 amide bonds. The van der Waals surface area contributed by atoms with E-state index >= 15 is 0 Å². The predicted molar refractivity (Wildman–Crippen MR) is 146 cm³/mol. The van der Waals surface area contributed by atoms with Crippen molar-refractivity contribution in [3.8, 4) is 17.2 Å². The molecule has 1 aromatic heterocycles. The van der Waals surface area contributed by atoms with Gasteiger partial charge in [-0.25, -0.2) is 9.78 Å². The molecule has 0 spiro atoms. The van der Waals surface area contributed by atoms with E-state index < -0.39 is 5.97 Å². The van der Waals surface area contributed by atoms with E-state index in [-0.39, 0.29) is 24.5 Å². The second-order valence-corrected chi connectivity index (χ2v) is 8.91. The lowest BCUT2D eigenvalue weighted by atomic mass is 10.1. The minimum atomic E-state index is -1.04. The summed E-state index contributed by atoms with van der Waals surface area (Å²) < 4.78 is 17.9. The summed E-state index contributed by atoms with van der Waals surface area (Å²) in [6.45, 7) is 2.64. The number of carboxylic acid groups (broad SMARTS) is 1. The molecule has 5 aromatic rings. The number of fused-ring (bicyclic) bond motifs is 1. The number of benzene rings is 4. The molecule has 0 radical (unpaired) electrons. The third-order valence-corrected chi connectivity index (χ3v) is 6.07. The largest absolute Gasteiger partial charge is 0.489 e. The van der Waals surface area contributed by atoms with Gasteiger partial charge in [-0.05, 0) is 53.9 Å². The number of pyridine rings is 1. The van der Waals surface area contributed by atoms with Crippen molar-refractivity contribution in [2.45, 2.75) is 26.7 Å². The Hall–Kier alpha value is -4.84.